The molecule has 0 spiro atoms. The van der Waals surface area contributed by atoms with Crippen LogP contribution in [0, 0.1) is 0 Å². The van der Waals surface area contributed by atoms with Gasteiger partial charge in [0.1, 0.15) is 11.5 Å². The van der Waals surface area contributed by atoms with Crippen LogP contribution in [0.4, 0.5) is 0 Å². The fourth-order valence-electron chi connectivity index (χ4n) is 3.77. The van der Waals surface area contributed by atoms with Gasteiger partial charge >= 0.3 is 5.91 Å². The molecule has 1 aliphatic rings. The highest BCUT2D eigenvalue weighted by molar-refractivity contribution is 7.90. The minimum Gasteiger partial charge on any atom is -0.455 e. The van der Waals surface area contributed by atoms with Crippen molar-refractivity contribution in [1.82, 2.24) is 10.9 Å². The molecule has 2 aromatic carbocycles. The molecule has 160 valence electrons. The summed E-state index contributed by atoms with van der Waals surface area (Å²) in [6.45, 7) is 0. The predicted octanol–water partition coefficient (Wildman–Crippen LogP) is 3.13. The first-order valence-electron chi connectivity index (χ1n) is 9.98. The fraction of sp³-hybridized carbons (Fsp3) is 0.217. The van der Waals surface area contributed by atoms with E-state index in [2.05, 4.69) is 10.9 Å². The van der Waals surface area contributed by atoms with Gasteiger partial charge in [0, 0.05) is 0 Å². The van der Waals surface area contributed by atoms with Gasteiger partial charge in [-0.05, 0) is 54.7 Å². The average Bonchev–Trinajstić information content (AvgIpc) is 3.25. The molecule has 3 aromatic rings. The van der Waals surface area contributed by atoms with E-state index in [-0.39, 0.29) is 34.0 Å². The third-order valence-corrected chi connectivity index (χ3v) is 6.96. The zero-order valence-corrected chi connectivity index (χ0v) is 17.5. The number of rotatable bonds is 5. The number of amides is 2. The number of hydrogen-bond acceptors (Lipinski definition) is 5. The normalized spacial score (nSPS) is 15.7. The van der Waals surface area contributed by atoms with Crippen LogP contribution in [0.2, 0.25) is 0 Å². The summed E-state index contributed by atoms with van der Waals surface area (Å²) in [4.78, 5) is 25.1. The lowest BCUT2D eigenvalue weighted by molar-refractivity contribution is -0.123. The number of carbonyl (C=O) groups excluding carboxylic acids is 2. The van der Waals surface area contributed by atoms with Gasteiger partial charge in [-0.3, -0.25) is 20.4 Å². The van der Waals surface area contributed by atoms with Crippen molar-refractivity contribution in [3.05, 3.63) is 89.4 Å². The average molecular weight is 439 g/mol. The van der Waals surface area contributed by atoms with Crippen LogP contribution in [0.15, 0.2) is 76.0 Å². The SMILES string of the molecule is O=C(NNC(=O)C1CCCc2ccccc21)c1ccc(CS(=O)(=O)c2ccccc2)o1. The molecule has 0 aliphatic heterocycles. The van der Waals surface area contributed by atoms with E-state index in [1.54, 1.807) is 18.2 Å². The highest BCUT2D eigenvalue weighted by Crippen LogP contribution is 2.31. The van der Waals surface area contributed by atoms with Crippen LogP contribution in [0.1, 0.15) is 46.2 Å². The number of furan rings is 1. The first-order valence-corrected chi connectivity index (χ1v) is 11.6. The molecule has 1 unspecified atom stereocenters. The molecule has 0 radical (unpaired) electrons. The van der Waals surface area contributed by atoms with Crippen molar-refractivity contribution in [1.29, 1.82) is 0 Å². The first-order chi connectivity index (χ1) is 14.9. The Labute approximate surface area is 180 Å². The number of carbonyl (C=O) groups is 2. The lowest BCUT2D eigenvalue weighted by atomic mass is 9.82. The topological polar surface area (TPSA) is 105 Å². The maximum Gasteiger partial charge on any atom is 0.305 e. The minimum atomic E-state index is -3.59. The molecule has 31 heavy (non-hydrogen) atoms. The molecule has 4 rings (SSSR count). The lowest BCUT2D eigenvalue weighted by Crippen LogP contribution is -2.44. The van der Waals surface area contributed by atoms with Gasteiger partial charge in [0.25, 0.3) is 0 Å². The molecule has 1 heterocycles. The molecule has 8 heteroatoms. The summed E-state index contributed by atoms with van der Waals surface area (Å²) in [5.74, 6) is -1.58. The van der Waals surface area contributed by atoms with E-state index in [1.165, 1.54) is 24.3 Å². The van der Waals surface area contributed by atoms with E-state index in [1.807, 2.05) is 24.3 Å². The quantitative estimate of drug-likeness (QED) is 0.596. The molecule has 0 saturated heterocycles. The highest BCUT2D eigenvalue weighted by Gasteiger charge is 2.27. The molecule has 1 aliphatic carbocycles. The van der Waals surface area contributed by atoms with Crippen molar-refractivity contribution in [3.63, 3.8) is 0 Å². The highest BCUT2D eigenvalue weighted by atomic mass is 32.2. The predicted molar refractivity (Wildman–Crippen MR) is 114 cm³/mol. The van der Waals surface area contributed by atoms with Crippen LogP contribution < -0.4 is 10.9 Å². The van der Waals surface area contributed by atoms with Gasteiger partial charge in [0.15, 0.2) is 15.6 Å². The summed E-state index contributed by atoms with van der Waals surface area (Å²) in [6.07, 6.45) is 2.55. The van der Waals surface area contributed by atoms with Crippen LogP contribution in [0.5, 0.6) is 0 Å². The smallest absolute Gasteiger partial charge is 0.305 e. The zero-order chi connectivity index (χ0) is 21.8. The standard InChI is InChI=1S/C23H22N2O5S/c26-22(20-12-6-8-16-7-4-5-11-19(16)20)24-25-23(27)21-14-13-17(30-21)15-31(28,29)18-9-2-1-3-10-18/h1-5,7,9-11,13-14,20H,6,8,12,15H2,(H,24,26)(H,25,27). The Bertz CT molecular complexity index is 1200. The Balaban J connectivity index is 1.37. The summed E-state index contributed by atoms with van der Waals surface area (Å²) in [5.41, 5.74) is 6.94. The van der Waals surface area contributed by atoms with E-state index < -0.39 is 15.7 Å². The molecule has 0 bridgehead atoms. The Morgan fingerprint density at radius 2 is 1.68 bits per heavy atom. The Kier molecular flexibility index (Phi) is 5.90. The molecule has 0 saturated carbocycles. The number of nitrogens with one attached hydrogen (secondary N) is 2. The third kappa shape index (κ3) is 4.69. The van der Waals surface area contributed by atoms with E-state index in [0.717, 1.165) is 24.0 Å². The Hall–Kier alpha value is -3.39. The molecule has 2 amide bonds. The number of benzene rings is 2. The molecule has 1 aromatic heterocycles. The van der Waals surface area contributed by atoms with E-state index in [4.69, 9.17) is 4.42 Å². The fourth-order valence-corrected chi connectivity index (χ4v) is 5.04. The molecule has 7 nitrogen and oxygen atoms in total. The van der Waals surface area contributed by atoms with Crippen molar-refractivity contribution >= 4 is 21.7 Å². The summed E-state index contributed by atoms with van der Waals surface area (Å²) < 4.78 is 30.3. The number of sulfone groups is 1. The summed E-state index contributed by atoms with van der Waals surface area (Å²) in [6, 6.07) is 18.6. The van der Waals surface area contributed by atoms with Gasteiger partial charge in [-0.25, -0.2) is 8.42 Å². The van der Waals surface area contributed by atoms with Crippen molar-refractivity contribution in [3.8, 4) is 0 Å². The third-order valence-electron chi connectivity index (χ3n) is 5.31. The molecular weight excluding hydrogens is 416 g/mol. The number of hydrazine groups is 1. The van der Waals surface area contributed by atoms with Crippen LogP contribution in [0.3, 0.4) is 0 Å². The molecule has 1 atom stereocenters. The molecule has 2 N–H and O–H groups in total. The van der Waals surface area contributed by atoms with Crippen molar-refractivity contribution in [2.75, 3.05) is 0 Å². The maximum absolute atomic E-state index is 12.6. The van der Waals surface area contributed by atoms with E-state index in [9.17, 15) is 18.0 Å². The second kappa shape index (κ2) is 8.77. The Morgan fingerprint density at radius 3 is 2.48 bits per heavy atom. The second-order valence-electron chi connectivity index (χ2n) is 7.43. The van der Waals surface area contributed by atoms with Gasteiger partial charge in [-0.2, -0.15) is 0 Å². The lowest BCUT2D eigenvalue weighted by Gasteiger charge is -2.24. The largest absolute Gasteiger partial charge is 0.455 e. The van der Waals surface area contributed by atoms with Crippen LogP contribution in [0.25, 0.3) is 0 Å². The van der Waals surface area contributed by atoms with Gasteiger partial charge in [0.05, 0.1) is 10.8 Å². The van der Waals surface area contributed by atoms with Gasteiger partial charge in [-0.1, -0.05) is 42.5 Å². The minimum absolute atomic E-state index is 0.0809. The summed E-state index contributed by atoms with van der Waals surface area (Å²) in [7, 11) is -3.59. The van der Waals surface area contributed by atoms with Crippen molar-refractivity contribution in [2.24, 2.45) is 0 Å². The van der Waals surface area contributed by atoms with Crippen LogP contribution in [-0.4, -0.2) is 20.2 Å². The second-order valence-corrected chi connectivity index (χ2v) is 9.41. The number of fused-ring (bicyclic) bond motifs is 1. The molecule has 0 fully saturated rings. The van der Waals surface area contributed by atoms with E-state index in [0.29, 0.717) is 6.42 Å². The summed E-state index contributed by atoms with van der Waals surface area (Å²) in [5, 5.41) is 0. The molecular formula is C23H22N2O5S. The van der Waals surface area contributed by atoms with Gasteiger partial charge in [-0.15, -0.1) is 0 Å². The van der Waals surface area contributed by atoms with Gasteiger partial charge < -0.3 is 4.42 Å². The maximum atomic E-state index is 12.6. The monoisotopic (exact) mass is 438 g/mol. The Morgan fingerprint density at radius 1 is 0.935 bits per heavy atom. The number of aryl methyl sites for hydroxylation is 1. The van der Waals surface area contributed by atoms with Crippen molar-refractivity contribution in [2.45, 2.75) is 35.8 Å². The van der Waals surface area contributed by atoms with Crippen molar-refractivity contribution < 1.29 is 22.4 Å². The van der Waals surface area contributed by atoms with E-state index >= 15 is 0 Å². The summed E-state index contributed by atoms with van der Waals surface area (Å²) >= 11 is 0. The first kappa shape index (κ1) is 20.9. The van der Waals surface area contributed by atoms with Gasteiger partial charge in [0.2, 0.25) is 5.91 Å². The van der Waals surface area contributed by atoms with Crippen LogP contribution in [-0.2, 0) is 26.8 Å². The number of hydrogen-bond donors (Lipinski definition) is 2. The zero-order valence-electron chi connectivity index (χ0n) is 16.7. The van der Waals surface area contributed by atoms with Crippen LogP contribution >= 0.6 is 0 Å².